The van der Waals surface area contributed by atoms with Crippen molar-refractivity contribution in [3.8, 4) is 11.1 Å². The Bertz CT molecular complexity index is 1440. The van der Waals surface area contributed by atoms with Crippen molar-refractivity contribution >= 4 is 45.7 Å². The van der Waals surface area contributed by atoms with E-state index >= 15 is 0 Å². The van der Waals surface area contributed by atoms with Crippen LogP contribution in [-0.4, -0.2) is 39.4 Å². The minimum atomic E-state index is -0.598. The number of carbonyl (C=O) groups excluding carboxylic acids is 2. The van der Waals surface area contributed by atoms with E-state index in [0.29, 0.717) is 10.8 Å². The number of rotatable bonds is 6. The molecule has 7 heteroatoms. The van der Waals surface area contributed by atoms with Crippen LogP contribution in [0.3, 0.4) is 0 Å². The molecule has 0 saturated heterocycles. The van der Waals surface area contributed by atoms with Gasteiger partial charge in [0.2, 0.25) is 0 Å². The molecule has 0 aliphatic heterocycles. The first kappa shape index (κ1) is 26.3. The lowest BCUT2D eigenvalue weighted by Crippen LogP contribution is -2.38. The SMILES string of the molecule is CC(C)(C)OC(=O)n1cc(C[C@@H](CI)NC(=O)OCC2c3ccccc3-c3ccccc32)c2ccccc21. The molecule has 1 amide bonds. The van der Waals surface area contributed by atoms with E-state index < -0.39 is 17.8 Å². The third kappa shape index (κ3) is 5.43. The van der Waals surface area contributed by atoms with Crippen LogP contribution >= 0.6 is 22.6 Å². The number of nitrogens with one attached hydrogen (secondary N) is 1. The van der Waals surface area contributed by atoms with Gasteiger partial charge in [-0.3, -0.25) is 4.57 Å². The lowest BCUT2D eigenvalue weighted by Gasteiger charge is -2.19. The van der Waals surface area contributed by atoms with E-state index in [4.69, 9.17) is 9.47 Å². The quantitative estimate of drug-likeness (QED) is 0.181. The maximum Gasteiger partial charge on any atom is 0.419 e. The zero-order valence-electron chi connectivity index (χ0n) is 21.7. The Kier molecular flexibility index (Phi) is 7.47. The second-order valence-electron chi connectivity index (χ2n) is 10.5. The summed E-state index contributed by atoms with van der Waals surface area (Å²) in [6.07, 6.45) is 1.51. The number of amides is 1. The standard InChI is InChI=1S/C31H31IN2O4/c1-31(2,3)38-30(36)34-18-20(22-10-8-9-15-28(22)34)16-21(17-32)33-29(35)37-19-27-25-13-6-4-11-23(25)24-12-5-7-14-26(24)27/h4-15,18,21,27H,16-17,19H2,1-3H3,(H,33,35)/t21-/m0/s1. The molecule has 0 fully saturated rings. The summed E-state index contributed by atoms with van der Waals surface area (Å²) in [7, 11) is 0. The Morgan fingerprint density at radius 1 is 0.947 bits per heavy atom. The third-order valence-corrected chi connectivity index (χ3v) is 7.77. The Hall–Kier alpha value is -3.33. The molecular formula is C31H31IN2O4. The zero-order valence-corrected chi connectivity index (χ0v) is 23.9. The van der Waals surface area contributed by atoms with Gasteiger partial charge in [0.25, 0.3) is 0 Å². The normalized spacial score (nSPS) is 13.6. The fourth-order valence-corrected chi connectivity index (χ4v) is 5.62. The highest BCUT2D eigenvalue weighted by molar-refractivity contribution is 14.1. The fourth-order valence-electron chi connectivity index (χ4n) is 5.09. The summed E-state index contributed by atoms with van der Waals surface area (Å²) in [6.45, 7) is 5.82. The van der Waals surface area contributed by atoms with Crippen LogP contribution in [0, 0.1) is 0 Å². The van der Waals surface area contributed by atoms with E-state index in [1.807, 2.05) is 75.5 Å². The number of carbonyl (C=O) groups is 2. The maximum atomic E-state index is 12.9. The van der Waals surface area contributed by atoms with Gasteiger partial charge in [0.15, 0.2) is 0 Å². The zero-order chi connectivity index (χ0) is 26.9. The number of alkyl halides is 1. The molecule has 0 saturated carbocycles. The highest BCUT2D eigenvalue weighted by atomic mass is 127. The number of para-hydroxylation sites is 1. The second kappa shape index (κ2) is 10.8. The summed E-state index contributed by atoms with van der Waals surface area (Å²) in [4.78, 5) is 25.8. The molecule has 0 bridgehead atoms. The minimum absolute atomic E-state index is 0.0120. The van der Waals surface area contributed by atoms with Crippen LogP contribution in [0.15, 0.2) is 79.0 Å². The van der Waals surface area contributed by atoms with E-state index in [1.165, 1.54) is 22.3 Å². The average Bonchev–Trinajstić information content (AvgIpc) is 3.42. The number of hydrogen-bond acceptors (Lipinski definition) is 4. The van der Waals surface area contributed by atoms with Crippen molar-refractivity contribution in [2.75, 3.05) is 11.0 Å². The summed E-state index contributed by atoms with van der Waals surface area (Å²) in [5.41, 5.74) is 5.91. The van der Waals surface area contributed by atoms with Crippen LogP contribution < -0.4 is 5.32 Å². The van der Waals surface area contributed by atoms with Crippen LogP contribution in [0.1, 0.15) is 43.4 Å². The van der Waals surface area contributed by atoms with Crippen molar-refractivity contribution in [2.24, 2.45) is 0 Å². The van der Waals surface area contributed by atoms with Crippen molar-refractivity contribution in [1.29, 1.82) is 0 Å². The number of aromatic nitrogens is 1. The average molecular weight is 623 g/mol. The summed E-state index contributed by atoms with van der Waals surface area (Å²) in [5, 5.41) is 4.00. The van der Waals surface area contributed by atoms with Crippen molar-refractivity contribution in [1.82, 2.24) is 9.88 Å². The first-order valence-corrected chi connectivity index (χ1v) is 14.3. The molecule has 0 unspecified atom stereocenters. The van der Waals surface area contributed by atoms with Crippen LogP contribution in [0.4, 0.5) is 9.59 Å². The van der Waals surface area contributed by atoms with Gasteiger partial charge in [-0.15, -0.1) is 0 Å². The summed E-state index contributed by atoms with van der Waals surface area (Å²) >= 11 is 2.27. The molecule has 38 heavy (non-hydrogen) atoms. The predicted molar refractivity (Wildman–Crippen MR) is 158 cm³/mol. The van der Waals surface area contributed by atoms with Crippen LogP contribution in [0.2, 0.25) is 0 Å². The van der Waals surface area contributed by atoms with Crippen LogP contribution in [0.25, 0.3) is 22.0 Å². The van der Waals surface area contributed by atoms with Crippen molar-refractivity contribution in [3.05, 3.63) is 95.7 Å². The third-order valence-electron chi connectivity index (χ3n) is 6.70. The summed E-state index contributed by atoms with van der Waals surface area (Å²) in [5.74, 6) is 0.0120. The van der Waals surface area contributed by atoms with Gasteiger partial charge >= 0.3 is 12.2 Å². The molecule has 1 N–H and O–H groups in total. The first-order chi connectivity index (χ1) is 18.2. The molecule has 1 aliphatic carbocycles. The second-order valence-corrected chi connectivity index (χ2v) is 11.4. The van der Waals surface area contributed by atoms with Crippen molar-refractivity contribution < 1.29 is 19.1 Å². The molecule has 196 valence electrons. The fraction of sp³-hybridized carbons (Fsp3) is 0.290. The van der Waals surface area contributed by atoms with E-state index in [1.54, 1.807) is 4.57 Å². The number of fused-ring (bicyclic) bond motifs is 4. The van der Waals surface area contributed by atoms with E-state index in [2.05, 4.69) is 52.2 Å². The lowest BCUT2D eigenvalue weighted by molar-refractivity contribution is 0.0544. The topological polar surface area (TPSA) is 69.6 Å². The maximum absolute atomic E-state index is 12.9. The van der Waals surface area contributed by atoms with Crippen LogP contribution in [0.5, 0.6) is 0 Å². The largest absolute Gasteiger partial charge is 0.449 e. The van der Waals surface area contributed by atoms with Gasteiger partial charge in [-0.1, -0.05) is 89.3 Å². The van der Waals surface area contributed by atoms with E-state index in [-0.39, 0.29) is 18.6 Å². The van der Waals surface area contributed by atoms with Crippen molar-refractivity contribution in [3.63, 3.8) is 0 Å². The molecule has 6 nitrogen and oxygen atoms in total. The molecule has 1 heterocycles. The molecule has 1 atom stereocenters. The van der Waals surface area contributed by atoms with Gasteiger partial charge in [-0.05, 0) is 61.1 Å². The molecule has 5 rings (SSSR count). The molecule has 3 aromatic carbocycles. The van der Waals surface area contributed by atoms with Crippen LogP contribution in [-0.2, 0) is 15.9 Å². The smallest absolute Gasteiger partial charge is 0.419 e. The number of nitrogens with zero attached hydrogens (tertiary/aromatic N) is 1. The molecular weight excluding hydrogens is 591 g/mol. The number of ether oxygens (including phenoxy) is 2. The number of alkyl carbamates (subject to hydrolysis) is 1. The number of benzene rings is 3. The molecule has 0 spiro atoms. The van der Waals surface area contributed by atoms with Gasteiger partial charge < -0.3 is 14.8 Å². The van der Waals surface area contributed by atoms with Crippen molar-refractivity contribution in [2.45, 2.75) is 44.8 Å². The summed E-state index contributed by atoms with van der Waals surface area (Å²) < 4.78 is 13.6. The van der Waals surface area contributed by atoms with Gasteiger partial charge in [-0.2, -0.15) is 0 Å². The Morgan fingerprint density at radius 2 is 1.55 bits per heavy atom. The van der Waals surface area contributed by atoms with Gasteiger partial charge in [-0.25, -0.2) is 9.59 Å². The van der Waals surface area contributed by atoms with Gasteiger partial charge in [0.05, 0.1) is 5.52 Å². The highest BCUT2D eigenvalue weighted by Gasteiger charge is 2.29. The molecule has 1 aliphatic rings. The molecule has 4 aromatic rings. The Morgan fingerprint density at radius 3 is 2.18 bits per heavy atom. The monoisotopic (exact) mass is 622 g/mol. The lowest BCUT2D eigenvalue weighted by atomic mass is 9.98. The highest BCUT2D eigenvalue weighted by Crippen LogP contribution is 2.44. The number of halogens is 1. The minimum Gasteiger partial charge on any atom is -0.449 e. The van der Waals surface area contributed by atoms with E-state index in [9.17, 15) is 9.59 Å². The van der Waals surface area contributed by atoms with Gasteiger partial charge in [0, 0.05) is 28.0 Å². The van der Waals surface area contributed by atoms with E-state index in [0.717, 1.165) is 16.5 Å². The summed E-state index contributed by atoms with van der Waals surface area (Å²) in [6, 6.07) is 24.2. The Labute approximate surface area is 236 Å². The first-order valence-electron chi connectivity index (χ1n) is 12.7. The molecule has 1 aromatic heterocycles. The Balaban J connectivity index is 1.28. The van der Waals surface area contributed by atoms with Gasteiger partial charge in [0.1, 0.15) is 12.2 Å². The predicted octanol–water partition coefficient (Wildman–Crippen LogP) is 7.31. The molecule has 0 radical (unpaired) electrons. The number of hydrogen-bond donors (Lipinski definition) is 1.